The van der Waals surface area contributed by atoms with Crippen LogP contribution in [0, 0.1) is 13.8 Å². The van der Waals surface area contributed by atoms with Crippen molar-refractivity contribution >= 4 is 17.4 Å². The summed E-state index contributed by atoms with van der Waals surface area (Å²) in [6.45, 7) is 3.68. The minimum absolute atomic E-state index is 0.0228. The van der Waals surface area contributed by atoms with Crippen molar-refractivity contribution in [3.05, 3.63) is 52.4 Å². The Balaban J connectivity index is 2.14. The van der Waals surface area contributed by atoms with E-state index < -0.39 is 0 Å². The number of aliphatic hydroxyl groups excluding tert-OH is 1. The fourth-order valence-electron chi connectivity index (χ4n) is 1.99. The van der Waals surface area contributed by atoms with Crippen molar-refractivity contribution in [1.82, 2.24) is 9.97 Å². The molecule has 1 unspecified atom stereocenters. The van der Waals surface area contributed by atoms with Crippen LogP contribution in [0.5, 0.6) is 0 Å². The van der Waals surface area contributed by atoms with Crippen molar-refractivity contribution in [2.24, 2.45) is 0 Å². The van der Waals surface area contributed by atoms with Crippen LogP contribution in [0.2, 0.25) is 5.15 Å². The third-order valence-electron chi connectivity index (χ3n) is 3.08. The fourth-order valence-corrected chi connectivity index (χ4v) is 2.20. The first-order valence-electron chi connectivity index (χ1n) is 6.52. The molecule has 0 saturated heterocycles. The summed E-state index contributed by atoms with van der Waals surface area (Å²) in [5.41, 5.74) is 1.96. The minimum Gasteiger partial charge on any atom is -0.394 e. The summed E-state index contributed by atoms with van der Waals surface area (Å²) >= 11 is 6.05. The molecule has 0 aliphatic rings. The van der Waals surface area contributed by atoms with E-state index in [1.807, 2.05) is 37.3 Å². The summed E-state index contributed by atoms with van der Waals surface area (Å²) in [5, 5.41) is 13.2. The molecule has 1 aromatic carbocycles. The Morgan fingerprint density at radius 2 is 1.90 bits per heavy atom. The maximum absolute atomic E-state index is 9.54. The molecule has 2 rings (SSSR count). The minimum atomic E-state index is -0.110. The number of hydrogen-bond acceptors (Lipinski definition) is 4. The SMILES string of the molecule is Cc1nc(Cl)c(C)c(NC(CO)Cc2ccccc2)n1. The molecule has 0 radical (unpaired) electrons. The smallest absolute Gasteiger partial charge is 0.137 e. The number of nitrogens with zero attached hydrogens (tertiary/aromatic N) is 2. The first-order chi connectivity index (χ1) is 9.60. The fraction of sp³-hybridized carbons (Fsp3) is 0.333. The lowest BCUT2D eigenvalue weighted by Gasteiger charge is -2.19. The van der Waals surface area contributed by atoms with Crippen molar-refractivity contribution in [1.29, 1.82) is 0 Å². The number of benzene rings is 1. The molecular formula is C15H18ClN3O. The van der Waals surface area contributed by atoms with E-state index in [-0.39, 0.29) is 12.6 Å². The van der Waals surface area contributed by atoms with Crippen LogP contribution in [0.15, 0.2) is 30.3 Å². The predicted molar refractivity (Wildman–Crippen MR) is 81.2 cm³/mol. The molecule has 4 nitrogen and oxygen atoms in total. The van der Waals surface area contributed by atoms with Crippen LogP contribution < -0.4 is 5.32 Å². The number of aromatic nitrogens is 2. The zero-order chi connectivity index (χ0) is 14.5. The van der Waals surface area contributed by atoms with Gasteiger partial charge in [-0.3, -0.25) is 0 Å². The Labute approximate surface area is 123 Å². The van der Waals surface area contributed by atoms with Gasteiger partial charge >= 0.3 is 0 Å². The Morgan fingerprint density at radius 3 is 2.55 bits per heavy atom. The third-order valence-corrected chi connectivity index (χ3v) is 3.45. The molecule has 20 heavy (non-hydrogen) atoms. The largest absolute Gasteiger partial charge is 0.394 e. The first-order valence-corrected chi connectivity index (χ1v) is 6.90. The molecule has 0 spiro atoms. The number of anilines is 1. The number of rotatable bonds is 5. The lowest BCUT2D eigenvalue weighted by Crippen LogP contribution is -2.27. The van der Waals surface area contributed by atoms with Gasteiger partial charge < -0.3 is 10.4 Å². The second-order valence-corrected chi connectivity index (χ2v) is 5.11. The maximum Gasteiger partial charge on any atom is 0.137 e. The summed E-state index contributed by atoms with van der Waals surface area (Å²) < 4.78 is 0. The average Bonchev–Trinajstić information content (AvgIpc) is 2.44. The number of aryl methyl sites for hydroxylation is 1. The van der Waals surface area contributed by atoms with E-state index in [2.05, 4.69) is 15.3 Å². The second-order valence-electron chi connectivity index (χ2n) is 4.75. The van der Waals surface area contributed by atoms with Gasteiger partial charge in [0.2, 0.25) is 0 Å². The molecule has 0 aliphatic carbocycles. The second kappa shape index (κ2) is 6.68. The van der Waals surface area contributed by atoms with Gasteiger partial charge in [0, 0.05) is 5.56 Å². The molecule has 2 aromatic rings. The van der Waals surface area contributed by atoms with E-state index in [1.165, 1.54) is 0 Å². The molecule has 0 fully saturated rings. The maximum atomic E-state index is 9.54. The quantitative estimate of drug-likeness (QED) is 0.832. The van der Waals surface area contributed by atoms with Gasteiger partial charge in [0.05, 0.1) is 12.6 Å². The van der Waals surface area contributed by atoms with E-state index in [9.17, 15) is 5.11 Å². The molecule has 1 heterocycles. The molecule has 0 bridgehead atoms. The molecular weight excluding hydrogens is 274 g/mol. The van der Waals surface area contributed by atoms with Gasteiger partial charge in [0.15, 0.2) is 0 Å². The van der Waals surface area contributed by atoms with Crippen molar-refractivity contribution in [2.45, 2.75) is 26.3 Å². The van der Waals surface area contributed by atoms with Gasteiger partial charge in [-0.1, -0.05) is 41.9 Å². The number of aliphatic hydroxyl groups is 1. The van der Waals surface area contributed by atoms with Crippen molar-refractivity contribution in [2.75, 3.05) is 11.9 Å². The monoisotopic (exact) mass is 291 g/mol. The highest BCUT2D eigenvalue weighted by Crippen LogP contribution is 2.20. The predicted octanol–water partition coefficient (Wildman–Crippen LogP) is 2.76. The number of halogens is 1. The van der Waals surface area contributed by atoms with E-state index in [0.717, 1.165) is 17.5 Å². The Bertz CT molecular complexity index is 575. The molecule has 106 valence electrons. The highest BCUT2D eigenvalue weighted by atomic mass is 35.5. The van der Waals surface area contributed by atoms with Crippen LogP contribution in [-0.4, -0.2) is 27.7 Å². The first kappa shape index (κ1) is 14.8. The van der Waals surface area contributed by atoms with Crippen molar-refractivity contribution < 1.29 is 5.11 Å². The Hall–Kier alpha value is -1.65. The molecule has 5 heteroatoms. The van der Waals surface area contributed by atoms with Gasteiger partial charge in [0.1, 0.15) is 16.8 Å². The van der Waals surface area contributed by atoms with E-state index in [4.69, 9.17) is 11.6 Å². The topological polar surface area (TPSA) is 58.0 Å². The Morgan fingerprint density at radius 1 is 1.20 bits per heavy atom. The summed E-state index contributed by atoms with van der Waals surface area (Å²) in [5.74, 6) is 1.29. The molecule has 0 amide bonds. The van der Waals surface area contributed by atoms with Gasteiger partial charge in [-0.25, -0.2) is 9.97 Å². The highest BCUT2D eigenvalue weighted by Gasteiger charge is 2.13. The van der Waals surface area contributed by atoms with Crippen LogP contribution in [0.25, 0.3) is 0 Å². The molecule has 0 aliphatic heterocycles. The average molecular weight is 292 g/mol. The Kier molecular flexibility index (Phi) is 4.93. The van der Waals surface area contributed by atoms with Crippen LogP contribution >= 0.6 is 11.6 Å². The standard InChI is InChI=1S/C15H18ClN3O/c1-10-14(16)17-11(2)18-15(10)19-13(9-20)8-12-6-4-3-5-7-12/h3-7,13,20H,8-9H2,1-2H3,(H,17,18,19). The van der Waals surface area contributed by atoms with Crippen LogP contribution in [0.1, 0.15) is 17.0 Å². The van der Waals surface area contributed by atoms with E-state index >= 15 is 0 Å². The van der Waals surface area contributed by atoms with E-state index in [0.29, 0.717) is 16.8 Å². The molecule has 2 N–H and O–H groups in total. The highest BCUT2D eigenvalue weighted by molar-refractivity contribution is 6.30. The van der Waals surface area contributed by atoms with Gasteiger partial charge in [-0.2, -0.15) is 0 Å². The van der Waals surface area contributed by atoms with Gasteiger partial charge in [0.25, 0.3) is 0 Å². The lowest BCUT2D eigenvalue weighted by molar-refractivity contribution is 0.273. The van der Waals surface area contributed by atoms with Crippen molar-refractivity contribution in [3.63, 3.8) is 0 Å². The number of hydrogen-bond donors (Lipinski definition) is 2. The summed E-state index contributed by atoms with van der Waals surface area (Å²) in [6.07, 6.45) is 0.720. The summed E-state index contributed by atoms with van der Waals surface area (Å²) in [7, 11) is 0. The zero-order valence-corrected chi connectivity index (χ0v) is 12.4. The summed E-state index contributed by atoms with van der Waals surface area (Å²) in [4.78, 5) is 8.45. The van der Waals surface area contributed by atoms with Crippen LogP contribution in [0.4, 0.5) is 5.82 Å². The third kappa shape index (κ3) is 3.68. The van der Waals surface area contributed by atoms with Crippen LogP contribution in [0.3, 0.4) is 0 Å². The summed E-state index contributed by atoms with van der Waals surface area (Å²) in [6, 6.07) is 9.91. The number of nitrogens with one attached hydrogen (secondary N) is 1. The van der Waals surface area contributed by atoms with Gasteiger partial charge in [-0.15, -0.1) is 0 Å². The molecule has 0 saturated carbocycles. The molecule has 1 aromatic heterocycles. The molecule has 1 atom stereocenters. The van der Waals surface area contributed by atoms with E-state index in [1.54, 1.807) is 6.92 Å². The normalized spacial score (nSPS) is 12.2. The van der Waals surface area contributed by atoms with Gasteiger partial charge in [-0.05, 0) is 25.8 Å². The van der Waals surface area contributed by atoms with Crippen LogP contribution in [-0.2, 0) is 6.42 Å². The lowest BCUT2D eigenvalue weighted by atomic mass is 10.1. The van der Waals surface area contributed by atoms with Crippen molar-refractivity contribution in [3.8, 4) is 0 Å². The zero-order valence-electron chi connectivity index (χ0n) is 11.6.